The molecule has 24 heavy (non-hydrogen) atoms. The molecule has 0 bridgehead atoms. The lowest BCUT2D eigenvalue weighted by Gasteiger charge is -2.15. The molecular weight excluding hydrogens is 296 g/mol. The van der Waals surface area contributed by atoms with Crippen LogP contribution in [0.4, 0.5) is 0 Å². The van der Waals surface area contributed by atoms with Crippen molar-refractivity contribution in [3.63, 3.8) is 0 Å². The molecule has 0 radical (unpaired) electrons. The summed E-state index contributed by atoms with van der Waals surface area (Å²) in [6.45, 7) is 0. The standard InChI is InChI=1S/C20H14N4/c1-2-6-16-15(5-1)19(13-9-21-22-10-13)17-7-3-4-8-18(17)20(16)14-11-23-24-12-14/h1-12H,(H,21,22)(H,23,24). The van der Waals surface area contributed by atoms with Crippen molar-refractivity contribution in [1.82, 2.24) is 20.4 Å². The number of hydrogen-bond acceptors (Lipinski definition) is 2. The summed E-state index contributed by atoms with van der Waals surface area (Å²) < 4.78 is 0. The Morgan fingerprint density at radius 3 is 1.21 bits per heavy atom. The minimum Gasteiger partial charge on any atom is -0.285 e. The molecule has 0 amide bonds. The summed E-state index contributed by atoms with van der Waals surface area (Å²) in [5.74, 6) is 0. The lowest BCUT2D eigenvalue weighted by molar-refractivity contribution is 1.09. The van der Waals surface area contributed by atoms with Gasteiger partial charge in [-0.25, -0.2) is 0 Å². The average Bonchev–Trinajstić information content (AvgIpc) is 3.33. The zero-order chi connectivity index (χ0) is 15.9. The van der Waals surface area contributed by atoms with E-state index in [1.54, 1.807) is 0 Å². The van der Waals surface area contributed by atoms with Crippen molar-refractivity contribution in [2.45, 2.75) is 0 Å². The topological polar surface area (TPSA) is 57.4 Å². The van der Waals surface area contributed by atoms with E-state index in [0.29, 0.717) is 0 Å². The Labute approximate surface area is 138 Å². The lowest BCUT2D eigenvalue weighted by atomic mass is 9.87. The first kappa shape index (κ1) is 13.1. The maximum atomic E-state index is 4.14. The molecular formula is C20H14N4. The number of H-pyrrole nitrogens is 2. The summed E-state index contributed by atoms with van der Waals surface area (Å²) in [7, 11) is 0. The van der Waals surface area contributed by atoms with Crippen LogP contribution in [0.3, 0.4) is 0 Å². The van der Waals surface area contributed by atoms with E-state index >= 15 is 0 Å². The second-order valence-corrected chi connectivity index (χ2v) is 5.82. The van der Waals surface area contributed by atoms with Crippen LogP contribution in [0.1, 0.15) is 0 Å². The Bertz CT molecular complexity index is 990. The van der Waals surface area contributed by atoms with Crippen molar-refractivity contribution >= 4 is 21.5 Å². The van der Waals surface area contributed by atoms with Gasteiger partial charge in [0, 0.05) is 34.6 Å². The smallest absolute Gasteiger partial charge is 0.0566 e. The largest absolute Gasteiger partial charge is 0.285 e. The number of benzene rings is 3. The van der Waals surface area contributed by atoms with Crippen molar-refractivity contribution < 1.29 is 0 Å². The molecule has 0 aliphatic rings. The highest BCUT2D eigenvalue weighted by Crippen LogP contribution is 2.42. The average molecular weight is 310 g/mol. The normalized spacial score (nSPS) is 11.3. The first-order valence-corrected chi connectivity index (χ1v) is 7.85. The first-order chi connectivity index (χ1) is 11.9. The molecule has 4 heteroatoms. The number of aromatic amines is 2. The number of rotatable bonds is 2. The third-order valence-electron chi connectivity index (χ3n) is 4.51. The molecule has 0 fully saturated rings. The van der Waals surface area contributed by atoms with E-state index in [1.807, 2.05) is 24.8 Å². The van der Waals surface area contributed by atoms with Crippen LogP contribution in [0.5, 0.6) is 0 Å². The molecule has 2 N–H and O–H groups in total. The van der Waals surface area contributed by atoms with Crippen molar-refractivity contribution in [3.8, 4) is 22.3 Å². The van der Waals surface area contributed by atoms with E-state index in [4.69, 9.17) is 0 Å². The van der Waals surface area contributed by atoms with Crippen LogP contribution in [-0.4, -0.2) is 20.4 Å². The molecule has 114 valence electrons. The third kappa shape index (κ3) is 1.80. The lowest BCUT2D eigenvalue weighted by Crippen LogP contribution is -1.89. The Balaban J connectivity index is 2.06. The number of fused-ring (bicyclic) bond motifs is 2. The van der Waals surface area contributed by atoms with Gasteiger partial charge in [0.05, 0.1) is 12.4 Å². The van der Waals surface area contributed by atoms with Gasteiger partial charge in [-0.05, 0) is 21.5 Å². The summed E-state index contributed by atoms with van der Waals surface area (Å²) in [6, 6.07) is 17.0. The summed E-state index contributed by atoms with van der Waals surface area (Å²) >= 11 is 0. The van der Waals surface area contributed by atoms with Crippen molar-refractivity contribution in [2.75, 3.05) is 0 Å². The van der Waals surface area contributed by atoms with E-state index in [-0.39, 0.29) is 0 Å². The van der Waals surface area contributed by atoms with E-state index in [0.717, 1.165) is 11.1 Å². The van der Waals surface area contributed by atoms with Crippen LogP contribution >= 0.6 is 0 Å². The Morgan fingerprint density at radius 2 is 0.917 bits per heavy atom. The molecule has 0 spiro atoms. The van der Waals surface area contributed by atoms with Crippen LogP contribution in [0.2, 0.25) is 0 Å². The Kier molecular flexibility index (Phi) is 2.76. The van der Waals surface area contributed by atoms with Gasteiger partial charge < -0.3 is 0 Å². The van der Waals surface area contributed by atoms with Gasteiger partial charge in [0.2, 0.25) is 0 Å². The van der Waals surface area contributed by atoms with Gasteiger partial charge in [0.15, 0.2) is 0 Å². The zero-order valence-electron chi connectivity index (χ0n) is 12.8. The fraction of sp³-hybridized carbons (Fsp3) is 0. The van der Waals surface area contributed by atoms with E-state index in [9.17, 15) is 0 Å². The molecule has 2 aromatic heterocycles. The van der Waals surface area contributed by atoms with E-state index < -0.39 is 0 Å². The summed E-state index contributed by atoms with van der Waals surface area (Å²) in [5.41, 5.74) is 4.62. The Hall–Kier alpha value is -3.40. The summed E-state index contributed by atoms with van der Waals surface area (Å²) in [5, 5.41) is 19.0. The van der Waals surface area contributed by atoms with Gasteiger partial charge in [-0.3, -0.25) is 10.2 Å². The van der Waals surface area contributed by atoms with Crippen molar-refractivity contribution in [2.24, 2.45) is 0 Å². The minimum absolute atomic E-state index is 1.10. The minimum atomic E-state index is 1.10. The van der Waals surface area contributed by atoms with Crippen LogP contribution < -0.4 is 0 Å². The molecule has 0 atom stereocenters. The van der Waals surface area contributed by atoms with Gasteiger partial charge in [-0.15, -0.1) is 0 Å². The predicted octanol–water partition coefficient (Wildman–Crippen LogP) is 4.77. The molecule has 5 rings (SSSR count). The van der Waals surface area contributed by atoms with E-state index in [2.05, 4.69) is 68.9 Å². The monoisotopic (exact) mass is 310 g/mol. The highest BCUT2D eigenvalue weighted by Gasteiger charge is 2.16. The fourth-order valence-corrected chi connectivity index (χ4v) is 3.53. The number of aromatic nitrogens is 4. The molecule has 0 unspecified atom stereocenters. The van der Waals surface area contributed by atoms with Crippen molar-refractivity contribution in [3.05, 3.63) is 73.3 Å². The van der Waals surface area contributed by atoms with Gasteiger partial charge in [0.1, 0.15) is 0 Å². The fourth-order valence-electron chi connectivity index (χ4n) is 3.53. The summed E-state index contributed by atoms with van der Waals surface area (Å²) in [4.78, 5) is 0. The first-order valence-electron chi connectivity index (χ1n) is 7.85. The maximum absolute atomic E-state index is 4.14. The number of nitrogens with one attached hydrogen (secondary N) is 2. The second-order valence-electron chi connectivity index (χ2n) is 5.82. The SMILES string of the molecule is c1ccc2c(-c3cn[nH]c3)c3ccccc3c(-c3cn[nH]c3)c2c1. The van der Waals surface area contributed by atoms with Gasteiger partial charge in [0.25, 0.3) is 0 Å². The quantitative estimate of drug-likeness (QED) is 0.461. The molecule has 0 aliphatic carbocycles. The van der Waals surface area contributed by atoms with Crippen LogP contribution in [0, 0.1) is 0 Å². The molecule has 5 aromatic rings. The molecule has 4 nitrogen and oxygen atoms in total. The van der Waals surface area contributed by atoms with Crippen LogP contribution in [-0.2, 0) is 0 Å². The van der Waals surface area contributed by atoms with E-state index in [1.165, 1.54) is 32.7 Å². The zero-order valence-corrected chi connectivity index (χ0v) is 12.8. The highest BCUT2D eigenvalue weighted by atomic mass is 15.1. The number of nitrogens with zero attached hydrogens (tertiary/aromatic N) is 2. The summed E-state index contributed by atoms with van der Waals surface area (Å²) in [6.07, 6.45) is 7.66. The second kappa shape index (κ2) is 5.06. The highest BCUT2D eigenvalue weighted by molar-refractivity contribution is 6.21. The van der Waals surface area contributed by atoms with Gasteiger partial charge in [-0.2, -0.15) is 10.2 Å². The van der Waals surface area contributed by atoms with Gasteiger partial charge >= 0.3 is 0 Å². The molecule has 2 heterocycles. The van der Waals surface area contributed by atoms with Gasteiger partial charge in [-0.1, -0.05) is 48.5 Å². The van der Waals surface area contributed by atoms with Crippen LogP contribution in [0.25, 0.3) is 43.8 Å². The molecule has 3 aromatic carbocycles. The Morgan fingerprint density at radius 1 is 0.542 bits per heavy atom. The maximum Gasteiger partial charge on any atom is 0.0566 e. The molecule has 0 saturated carbocycles. The molecule has 0 saturated heterocycles. The predicted molar refractivity (Wildman–Crippen MR) is 96.6 cm³/mol. The number of hydrogen-bond donors (Lipinski definition) is 2. The third-order valence-corrected chi connectivity index (χ3v) is 4.51. The molecule has 0 aliphatic heterocycles. The van der Waals surface area contributed by atoms with Crippen LogP contribution in [0.15, 0.2) is 73.3 Å². The van der Waals surface area contributed by atoms with Crippen molar-refractivity contribution in [1.29, 1.82) is 0 Å².